The van der Waals surface area contributed by atoms with E-state index < -0.39 is 18.0 Å². The highest BCUT2D eigenvalue weighted by Gasteiger charge is 2.60. The summed E-state index contributed by atoms with van der Waals surface area (Å²) in [6.07, 6.45) is 0. The van der Waals surface area contributed by atoms with Crippen molar-refractivity contribution in [3.63, 3.8) is 0 Å². The van der Waals surface area contributed by atoms with Gasteiger partial charge >= 0.3 is 12.7 Å². The summed E-state index contributed by atoms with van der Waals surface area (Å²) in [6, 6.07) is 28.2. The lowest BCUT2D eigenvalue weighted by atomic mass is 9.64. The number of benzene rings is 3. The van der Waals surface area contributed by atoms with Crippen LogP contribution in [0.3, 0.4) is 0 Å². The lowest BCUT2D eigenvalue weighted by Gasteiger charge is -2.36. The van der Waals surface area contributed by atoms with Crippen molar-refractivity contribution in [1.82, 2.24) is 0 Å². The molecule has 5 rings (SSSR count). The van der Waals surface area contributed by atoms with Gasteiger partial charge in [0.2, 0.25) is 5.69 Å². The second kappa shape index (κ2) is 9.00. The fourth-order valence-electron chi connectivity index (χ4n) is 4.58. The monoisotopic (exact) mass is 473 g/mol. The molecule has 3 aromatic rings. The predicted octanol–water partition coefficient (Wildman–Crippen LogP) is 3.70. The van der Waals surface area contributed by atoms with E-state index in [1.54, 1.807) is 7.11 Å². The number of hydrogen-bond acceptors (Lipinski definition) is 4. The Morgan fingerprint density at radius 2 is 1.23 bits per heavy atom. The van der Waals surface area contributed by atoms with Gasteiger partial charge in [-0.2, -0.15) is 4.99 Å². The molecule has 3 aromatic carbocycles. The van der Waals surface area contributed by atoms with Gasteiger partial charge in [-0.05, 0) is 45.4 Å². The summed E-state index contributed by atoms with van der Waals surface area (Å²) in [4.78, 5) is 3.48. The highest BCUT2D eigenvalue weighted by molar-refractivity contribution is 6.89. The number of hydrogen-bond donors (Lipinski definition) is 1. The third-order valence-corrected chi connectivity index (χ3v) is 6.97. The average molecular weight is 473 g/mol. The fraction of sp³-hybridized carbons (Fsp3) is 0.250. The molecule has 0 bridgehead atoms. The summed E-state index contributed by atoms with van der Waals surface area (Å²) in [5.41, 5.74) is 3.60. The lowest BCUT2D eigenvalue weighted by molar-refractivity contribution is -0.362. The Balaban J connectivity index is 0.00000289. The van der Waals surface area contributed by atoms with E-state index in [9.17, 15) is 0 Å². The number of rotatable bonds is 4. The molecule has 2 aliphatic heterocycles. The molecule has 0 aliphatic carbocycles. The molecule has 6 nitrogen and oxygen atoms in total. The largest absolute Gasteiger partial charge is 0.617 e. The topological polar surface area (TPSA) is 82.4 Å². The van der Waals surface area contributed by atoms with E-state index in [0.29, 0.717) is 5.90 Å². The Morgan fingerprint density at radius 3 is 1.74 bits per heavy atom. The molecular formula is C28H32BNO5. The van der Waals surface area contributed by atoms with E-state index in [1.807, 2.05) is 88.4 Å². The second-order valence-corrected chi connectivity index (χ2v) is 9.72. The molecule has 1 fully saturated rings. The zero-order valence-corrected chi connectivity index (χ0v) is 20.8. The molecule has 7 heteroatoms. The summed E-state index contributed by atoms with van der Waals surface area (Å²) < 4.78 is 25.4. The molecule has 0 unspecified atom stereocenters. The SMILES string of the molecule is COc1ccc([NH+]=C2O[B-]3(OC(C)(C)C(C)(C)O3)C(c3ccccc3)=C2c2ccccc2)cc1.O. The summed E-state index contributed by atoms with van der Waals surface area (Å²) in [5.74, 6) is 1.39. The molecule has 0 amide bonds. The maximum absolute atomic E-state index is 6.72. The lowest BCUT2D eigenvalue weighted by Crippen LogP contribution is -2.67. The van der Waals surface area contributed by atoms with E-state index >= 15 is 0 Å². The van der Waals surface area contributed by atoms with Crippen LogP contribution in [0.25, 0.3) is 11.0 Å². The normalized spacial score (nSPS) is 20.5. The van der Waals surface area contributed by atoms with Crippen LogP contribution in [0.15, 0.2) is 84.9 Å². The molecule has 2 heterocycles. The Bertz CT molecular complexity index is 1240. The zero-order valence-electron chi connectivity index (χ0n) is 20.8. The van der Waals surface area contributed by atoms with Gasteiger partial charge in [0.1, 0.15) is 5.75 Å². The van der Waals surface area contributed by atoms with Crippen LogP contribution in [0.1, 0.15) is 38.8 Å². The van der Waals surface area contributed by atoms with Crippen LogP contribution >= 0.6 is 0 Å². The molecule has 0 saturated carbocycles. The van der Waals surface area contributed by atoms with Crippen LogP contribution in [0.2, 0.25) is 0 Å². The van der Waals surface area contributed by atoms with Crippen molar-refractivity contribution in [2.75, 3.05) is 7.11 Å². The van der Waals surface area contributed by atoms with Crippen molar-refractivity contribution in [3.05, 3.63) is 96.1 Å². The standard InChI is InChI=1S/C28H29BNO4.H2O/c1-27(2)28(3,4)34-29(33-27)25(21-14-10-7-11-15-21)24(20-12-8-6-9-13-20)26(32-29)30-22-16-18-23(31-5)19-17-22;/h6-19H,1-5H3;1H2/q-1;/p+1. The van der Waals surface area contributed by atoms with E-state index in [0.717, 1.165) is 33.6 Å². The van der Waals surface area contributed by atoms with Crippen molar-refractivity contribution < 1.29 is 29.2 Å². The second-order valence-electron chi connectivity index (χ2n) is 9.72. The van der Waals surface area contributed by atoms with Gasteiger partial charge in [-0.3, -0.25) is 0 Å². The zero-order chi connectivity index (χ0) is 24.0. The summed E-state index contributed by atoms with van der Waals surface area (Å²) in [6.45, 7) is 5.92. The molecule has 1 spiro atoms. The van der Waals surface area contributed by atoms with Crippen molar-refractivity contribution in [2.45, 2.75) is 38.9 Å². The summed E-state index contributed by atoms with van der Waals surface area (Å²) in [5, 5.41) is 0. The molecular weight excluding hydrogens is 441 g/mol. The van der Waals surface area contributed by atoms with Gasteiger partial charge in [-0.1, -0.05) is 71.7 Å². The number of methoxy groups -OCH3 is 1. The smallest absolute Gasteiger partial charge is 0.472 e. The Kier molecular flexibility index (Phi) is 6.36. The quantitative estimate of drug-likeness (QED) is 0.586. The molecule has 0 atom stereocenters. The fourth-order valence-corrected chi connectivity index (χ4v) is 4.58. The minimum absolute atomic E-state index is 0. The van der Waals surface area contributed by atoms with Crippen LogP contribution in [0.4, 0.5) is 5.69 Å². The molecule has 0 aromatic heterocycles. The van der Waals surface area contributed by atoms with E-state index in [2.05, 4.69) is 29.3 Å². The van der Waals surface area contributed by atoms with Crippen LogP contribution in [0, 0.1) is 0 Å². The van der Waals surface area contributed by atoms with Crippen LogP contribution in [0.5, 0.6) is 5.75 Å². The molecule has 2 aliphatic rings. The first-order chi connectivity index (χ1) is 16.2. The summed E-state index contributed by atoms with van der Waals surface area (Å²) >= 11 is 0. The van der Waals surface area contributed by atoms with E-state index in [-0.39, 0.29) is 5.48 Å². The van der Waals surface area contributed by atoms with Gasteiger partial charge in [-0.15, -0.1) is 0 Å². The minimum Gasteiger partial charge on any atom is -0.617 e. The van der Waals surface area contributed by atoms with Gasteiger partial charge in [0.25, 0.3) is 0 Å². The van der Waals surface area contributed by atoms with Crippen LogP contribution in [-0.2, 0) is 14.0 Å². The van der Waals surface area contributed by atoms with E-state index in [1.165, 1.54) is 0 Å². The van der Waals surface area contributed by atoms with E-state index in [4.69, 9.17) is 18.7 Å². The number of nitrogens with one attached hydrogen (secondary N) is 1. The van der Waals surface area contributed by atoms with Gasteiger partial charge in [-0.25, -0.2) is 0 Å². The predicted molar refractivity (Wildman–Crippen MR) is 139 cm³/mol. The van der Waals surface area contributed by atoms with Gasteiger partial charge in [0.15, 0.2) is 0 Å². The summed E-state index contributed by atoms with van der Waals surface area (Å²) in [7, 11) is 1.66. The first kappa shape index (κ1) is 24.7. The molecule has 1 saturated heterocycles. The highest BCUT2D eigenvalue weighted by atomic mass is 16.8. The third-order valence-electron chi connectivity index (χ3n) is 6.97. The van der Waals surface area contributed by atoms with Crippen molar-refractivity contribution in [2.24, 2.45) is 0 Å². The maximum Gasteiger partial charge on any atom is 0.472 e. The Morgan fingerprint density at radius 1 is 0.714 bits per heavy atom. The minimum atomic E-state index is -2.27. The van der Waals surface area contributed by atoms with Crippen molar-refractivity contribution in [3.8, 4) is 5.75 Å². The molecule has 35 heavy (non-hydrogen) atoms. The average Bonchev–Trinajstić information content (AvgIpc) is 3.21. The van der Waals surface area contributed by atoms with Crippen molar-refractivity contribution >= 4 is 29.4 Å². The maximum atomic E-state index is 6.72. The van der Waals surface area contributed by atoms with Crippen LogP contribution in [-0.4, -0.2) is 36.4 Å². The Labute approximate surface area is 206 Å². The Hall–Kier alpha value is -3.39. The molecule has 0 radical (unpaired) electrons. The van der Waals surface area contributed by atoms with Crippen LogP contribution < -0.4 is 9.73 Å². The first-order valence-electron chi connectivity index (χ1n) is 11.6. The van der Waals surface area contributed by atoms with Gasteiger partial charge in [0, 0.05) is 23.3 Å². The van der Waals surface area contributed by atoms with Gasteiger partial charge < -0.3 is 24.2 Å². The third kappa shape index (κ3) is 4.27. The molecule has 182 valence electrons. The van der Waals surface area contributed by atoms with Gasteiger partial charge in [0.05, 0.1) is 12.7 Å². The first-order valence-corrected chi connectivity index (χ1v) is 11.6. The number of ether oxygens (including phenoxy) is 1. The van der Waals surface area contributed by atoms with Crippen molar-refractivity contribution in [1.29, 1.82) is 0 Å². The highest BCUT2D eigenvalue weighted by Crippen LogP contribution is 2.52. The molecule has 3 N–H and O–H groups in total.